The number of benzene rings is 1. The van der Waals surface area contributed by atoms with Crippen LogP contribution in [0.4, 0.5) is 0 Å². The Kier molecular flexibility index (Phi) is 7.09. The zero-order valence-electron chi connectivity index (χ0n) is 14.0. The van der Waals surface area contributed by atoms with E-state index in [4.69, 9.17) is 4.74 Å². The molecule has 1 amide bonds. The molecule has 23 heavy (non-hydrogen) atoms. The van der Waals surface area contributed by atoms with Crippen molar-refractivity contribution in [1.29, 1.82) is 0 Å². The Morgan fingerprint density at radius 3 is 2.78 bits per heavy atom. The fourth-order valence-corrected chi connectivity index (χ4v) is 4.13. The minimum Gasteiger partial charge on any atom is -0.494 e. The molecule has 0 heterocycles. The summed E-state index contributed by atoms with van der Waals surface area (Å²) in [7, 11) is -1.22. The Hall–Kier alpha value is -1.36. The van der Waals surface area contributed by atoms with Crippen LogP contribution in [-0.2, 0) is 21.3 Å². The van der Waals surface area contributed by atoms with Crippen molar-refractivity contribution in [2.24, 2.45) is 5.92 Å². The van der Waals surface area contributed by atoms with Crippen molar-refractivity contribution in [2.75, 3.05) is 12.4 Å². The van der Waals surface area contributed by atoms with Crippen molar-refractivity contribution in [3.8, 4) is 5.75 Å². The number of carbonyl (C=O) groups is 1. The van der Waals surface area contributed by atoms with Gasteiger partial charge in [-0.2, -0.15) is 0 Å². The summed E-state index contributed by atoms with van der Waals surface area (Å²) >= 11 is 0. The Morgan fingerprint density at radius 2 is 2.04 bits per heavy atom. The highest BCUT2D eigenvalue weighted by Crippen LogP contribution is 2.24. The van der Waals surface area contributed by atoms with Crippen LogP contribution in [0.5, 0.6) is 5.75 Å². The predicted octanol–water partition coefficient (Wildman–Crippen LogP) is 3.03. The van der Waals surface area contributed by atoms with E-state index in [-0.39, 0.29) is 17.7 Å². The van der Waals surface area contributed by atoms with E-state index >= 15 is 0 Å². The van der Waals surface area contributed by atoms with E-state index in [1.54, 1.807) is 0 Å². The van der Waals surface area contributed by atoms with Gasteiger partial charge in [-0.1, -0.05) is 38.0 Å². The van der Waals surface area contributed by atoms with Crippen LogP contribution in [-0.4, -0.2) is 28.5 Å². The second kappa shape index (κ2) is 9.06. The highest BCUT2D eigenvalue weighted by atomic mass is 32.2. The second-order valence-corrected chi connectivity index (χ2v) is 7.66. The number of para-hydroxylation sites is 1. The monoisotopic (exact) mass is 337 g/mol. The first kappa shape index (κ1) is 18.0. The fraction of sp³-hybridized carbons (Fsp3) is 0.611. The molecule has 0 aliphatic heterocycles. The minimum atomic E-state index is -1.22. The van der Waals surface area contributed by atoms with Crippen LogP contribution < -0.4 is 10.1 Å². The van der Waals surface area contributed by atoms with Crippen LogP contribution in [0.3, 0.4) is 0 Å². The minimum absolute atomic E-state index is 0.0592. The van der Waals surface area contributed by atoms with E-state index in [0.717, 1.165) is 24.2 Å². The molecule has 1 aliphatic rings. The third kappa shape index (κ3) is 5.65. The van der Waals surface area contributed by atoms with E-state index in [1.807, 2.05) is 31.2 Å². The summed E-state index contributed by atoms with van der Waals surface area (Å²) in [6.07, 6.45) is 4.61. The Bertz CT molecular complexity index is 547. The Balaban J connectivity index is 1.85. The zero-order chi connectivity index (χ0) is 16.7. The van der Waals surface area contributed by atoms with Gasteiger partial charge in [0.1, 0.15) is 11.5 Å². The molecule has 0 saturated heterocycles. The first-order chi connectivity index (χ1) is 11.1. The van der Waals surface area contributed by atoms with Crippen molar-refractivity contribution in [1.82, 2.24) is 5.32 Å². The van der Waals surface area contributed by atoms with Gasteiger partial charge in [-0.05, 0) is 31.7 Å². The van der Waals surface area contributed by atoms with Gasteiger partial charge in [0.2, 0.25) is 5.91 Å². The van der Waals surface area contributed by atoms with Crippen molar-refractivity contribution >= 4 is 16.7 Å². The summed E-state index contributed by atoms with van der Waals surface area (Å²) in [6.45, 7) is 4.68. The predicted molar refractivity (Wildman–Crippen MR) is 93.9 cm³/mol. The highest BCUT2D eigenvalue weighted by Gasteiger charge is 2.23. The molecule has 0 unspecified atom stereocenters. The summed E-state index contributed by atoms with van der Waals surface area (Å²) in [5, 5.41) is 3.06. The molecular formula is C18H27NO3S. The molecule has 2 rings (SSSR count). The van der Waals surface area contributed by atoms with Gasteiger partial charge >= 0.3 is 0 Å². The highest BCUT2D eigenvalue weighted by molar-refractivity contribution is 7.84. The molecule has 1 saturated carbocycles. The van der Waals surface area contributed by atoms with Gasteiger partial charge in [-0.15, -0.1) is 0 Å². The number of amides is 1. The standard InChI is InChI=1S/C18H27NO3S/c1-3-22-17-11-7-5-9-15(17)12-23(21)13-18(20)19-16-10-6-4-8-14(16)2/h5,7,9,11,14,16H,3-4,6,8,10,12-13H2,1-2H3,(H,19,20)/t14-,16-,23+/m0/s1. The Morgan fingerprint density at radius 1 is 1.30 bits per heavy atom. The number of rotatable bonds is 7. The number of hydrogen-bond acceptors (Lipinski definition) is 3. The molecule has 1 aromatic carbocycles. The smallest absolute Gasteiger partial charge is 0.232 e. The zero-order valence-corrected chi connectivity index (χ0v) is 14.9. The van der Waals surface area contributed by atoms with Crippen LogP contribution in [0.1, 0.15) is 45.1 Å². The van der Waals surface area contributed by atoms with Crippen molar-refractivity contribution in [3.63, 3.8) is 0 Å². The lowest BCUT2D eigenvalue weighted by Gasteiger charge is -2.29. The lowest BCUT2D eigenvalue weighted by Crippen LogP contribution is -2.42. The molecule has 0 aromatic heterocycles. The quantitative estimate of drug-likeness (QED) is 0.832. The average Bonchev–Trinajstić information content (AvgIpc) is 2.51. The molecule has 3 atom stereocenters. The maximum atomic E-state index is 12.3. The fourth-order valence-electron chi connectivity index (χ4n) is 3.07. The van der Waals surface area contributed by atoms with Crippen LogP contribution in [0.15, 0.2) is 24.3 Å². The van der Waals surface area contributed by atoms with Gasteiger partial charge < -0.3 is 10.1 Å². The molecule has 1 fully saturated rings. The summed E-state index contributed by atoms with van der Waals surface area (Å²) in [4.78, 5) is 12.1. The van der Waals surface area contributed by atoms with Crippen molar-refractivity contribution in [2.45, 2.75) is 51.3 Å². The molecule has 0 spiro atoms. The number of ether oxygens (including phenoxy) is 1. The second-order valence-electron chi connectivity index (χ2n) is 6.20. The number of hydrogen-bond donors (Lipinski definition) is 1. The SMILES string of the molecule is CCOc1ccccc1C[S@@](=O)CC(=O)N[C@H]1CCCC[C@@H]1C. The van der Waals surface area contributed by atoms with Gasteiger partial charge in [-0.25, -0.2) is 0 Å². The summed E-state index contributed by atoms with van der Waals surface area (Å²) < 4.78 is 17.8. The largest absolute Gasteiger partial charge is 0.494 e. The van der Waals surface area contributed by atoms with E-state index in [9.17, 15) is 9.00 Å². The van der Waals surface area contributed by atoms with Gasteiger partial charge in [0.25, 0.3) is 0 Å². The third-order valence-corrected chi connectivity index (χ3v) is 5.56. The van der Waals surface area contributed by atoms with Crippen molar-refractivity contribution in [3.05, 3.63) is 29.8 Å². The molecule has 0 bridgehead atoms. The summed E-state index contributed by atoms with van der Waals surface area (Å²) in [5.41, 5.74) is 0.895. The summed E-state index contributed by atoms with van der Waals surface area (Å²) in [6, 6.07) is 7.82. The van der Waals surface area contributed by atoms with Crippen LogP contribution >= 0.6 is 0 Å². The lowest BCUT2D eigenvalue weighted by molar-refractivity contribution is -0.119. The first-order valence-corrected chi connectivity index (χ1v) is 9.94. The normalized spacial score (nSPS) is 22.3. The molecule has 4 nitrogen and oxygen atoms in total. The van der Waals surface area contributed by atoms with Gasteiger partial charge in [0.05, 0.1) is 12.4 Å². The molecular weight excluding hydrogens is 310 g/mol. The van der Waals surface area contributed by atoms with Gasteiger partial charge in [0.15, 0.2) is 0 Å². The van der Waals surface area contributed by atoms with Crippen LogP contribution in [0.2, 0.25) is 0 Å². The first-order valence-electron chi connectivity index (χ1n) is 8.45. The van der Waals surface area contributed by atoms with E-state index < -0.39 is 10.8 Å². The molecule has 5 heteroatoms. The molecule has 1 N–H and O–H groups in total. The molecule has 1 aliphatic carbocycles. The maximum absolute atomic E-state index is 12.3. The molecule has 1 aromatic rings. The average molecular weight is 337 g/mol. The van der Waals surface area contributed by atoms with E-state index in [2.05, 4.69) is 12.2 Å². The summed E-state index contributed by atoms with van der Waals surface area (Å²) in [5.74, 6) is 1.58. The van der Waals surface area contributed by atoms with E-state index in [1.165, 1.54) is 12.8 Å². The number of carbonyl (C=O) groups excluding carboxylic acids is 1. The third-order valence-electron chi connectivity index (χ3n) is 4.34. The molecule has 128 valence electrons. The van der Waals surface area contributed by atoms with E-state index in [0.29, 0.717) is 18.3 Å². The Labute approximate surface area is 141 Å². The lowest BCUT2D eigenvalue weighted by atomic mass is 9.86. The van der Waals surface area contributed by atoms with Gasteiger partial charge in [-0.3, -0.25) is 9.00 Å². The topological polar surface area (TPSA) is 55.4 Å². The van der Waals surface area contributed by atoms with Crippen LogP contribution in [0.25, 0.3) is 0 Å². The van der Waals surface area contributed by atoms with Gasteiger partial charge in [0, 0.05) is 22.4 Å². The maximum Gasteiger partial charge on any atom is 0.232 e. The van der Waals surface area contributed by atoms with Crippen LogP contribution in [0, 0.1) is 5.92 Å². The molecule has 0 radical (unpaired) electrons. The number of nitrogens with one attached hydrogen (secondary N) is 1. The van der Waals surface area contributed by atoms with Crippen molar-refractivity contribution < 1.29 is 13.7 Å².